The van der Waals surface area contributed by atoms with Crippen LogP contribution in [0.1, 0.15) is 49.9 Å². The Bertz CT molecular complexity index is 1140. The Morgan fingerprint density at radius 1 is 0.867 bits per heavy atom. The quantitative estimate of drug-likeness (QED) is 0.552. The number of fused-ring (bicyclic) bond motifs is 1. The molecule has 154 valence electrons. The van der Waals surface area contributed by atoms with Crippen LogP contribution in [0.25, 0.3) is 10.8 Å². The van der Waals surface area contributed by atoms with Gasteiger partial charge < -0.3 is 5.11 Å². The van der Waals surface area contributed by atoms with Gasteiger partial charge >= 0.3 is 5.97 Å². The second-order valence-corrected chi connectivity index (χ2v) is 9.34. The monoisotopic (exact) mass is 399 g/mol. The highest BCUT2D eigenvalue weighted by Gasteiger charge is 2.63. The predicted molar refractivity (Wildman–Crippen MR) is 121 cm³/mol. The Labute approximate surface area is 179 Å². The minimum atomic E-state index is -1.70. The van der Waals surface area contributed by atoms with Crippen molar-refractivity contribution in [1.29, 1.82) is 5.26 Å². The Balaban J connectivity index is 2.71. The molecule has 3 heteroatoms. The van der Waals surface area contributed by atoms with E-state index in [1.165, 1.54) is 0 Å². The highest BCUT2D eigenvalue weighted by atomic mass is 16.4. The van der Waals surface area contributed by atoms with Crippen LogP contribution >= 0.6 is 0 Å². The molecular formula is C27H29NO2. The van der Waals surface area contributed by atoms with Crippen molar-refractivity contribution >= 4 is 16.7 Å². The van der Waals surface area contributed by atoms with E-state index in [0.717, 1.165) is 33.0 Å². The summed E-state index contributed by atoms with van der Waals surface area (Å²) in [6, 6.07) is 22.2. The van der Waals surface area contributed by atoms with Crippen LogP contribution in [-0.2, 0) is 10.2 Å². The normalized spacial score (nSPS) is 15.8. The molecule has 2 unspecified atom stereocenters. The first-order valence-corrected chi connectivity index (χ1v) is 10.2. The van der Waals surface area contributed by atoms with Crippen LogP contribution in [0.2, 0.25) is 0 Å². The Hall–Kier alpha value is -3.12. The molecule has 0 fully saturated rings. The van der Waals surface area contributed by atoms with Gasteiger partial charge in [0.15, 0.2) is 5.41 Å². The van der Waals surface area contributed by atoms with E-state index in [1.807, 2.05) is 95.3 Å². The van der Waals surface area contributed by atoms with Gasteiger partial charge in [-0.1, -0.05) is 81.4 Å². The van der Waals surface area contributed by atoms with E-state index >= 15 is 0 Å². The molecule has 3 rings (SSSR count). The van der Waals surface area contributed by atoms with E-state index in [1.54, 1.807) is 6.92 Å². The van der Waals surface area contributed by atoms with Crippen LogP contribution in [0.15, 0.2) is 60.7 Å². The van der Waals surface area contributed by atoms with E-state index in [4.69, 9.17) is 0 Å². The standard InChI is InChI=1S/C27H29NO2/c1-18-11-9-12-19(2)23(18)27(25(3,4)5,26(6,17-28)24(29)30)22-16-10-14-20-13-7-8-15-21(20)22/h7-16H,1-6H3,(H,29,30). The molecule has 0 aliphatic carbocycles. The summed E-state index contributed by atoms with van der Waals surface area (Å²) in [4.78, 5) is 12.8. The van der Waals surface area contributed by atoms with Gasteiger partial charge in [-0.15, -0.1) is 0 Å². The summed E-state index contributed by atoms with van der Waals surface area (Å²) in [5, 5.41) is 22.9. The lowest BCUT2D eigenvalue weighted by Gasteiger charge is -2.53. The van der Waals surface area contributed by atoms with Crippen molar-refractivity contribution in [3.8, 4) is 6.07 Å². The van der Waals surface area contributed by atoms with Crippen LogP contribution in [-0.4, -0.2) is 11.1 Å². The zero-order valence-electron chi connectivity index (χ0n) is 18.6. The third-order valence-electron chi connectivity index (χ3n) is 6.58. The van der Waals surface area contributed by atoms with Crippen molar-refractivity contribution in [1.82, 2.24) is 0 Å². The third-order valence-corrected chi connectivity index (χ3v) is 6.58. The molecular weight excluding hydrogens is 370 g/mol. The van der Waals surface area contributed by atoms with Gasteiger partial charge in [-0.3, -0.25) is 4.79 Å². The van der Waals surface area contributed by atoms with Gasteiger partial charge in [0.05, 0.1) is 11.5 Å². The summed E-state index contributed by atoms with van der Waals surface area (Å²) in [6.45, 7) is 11.7. The smallest absolute Gasteiger partial charge is 0.325 e. The molecule has 0 aliphatic heterocycles. The van der Waals surface area contributed by atoms with Crippen molar-refractivity contribution in [3.05, 3.63) is 82.9 Å². The molecule has 0 radical (unpaired) electrons. The Kier molecular flexibility index (Phi) is 5.24. The maximum atomic E-state index is 12.8. The minimum Gasteiger partial charge on any atom is -0.480 e. The van der Waals surface area contributed by atoms with Crippen LogP contribution in [0.3, 0.4) is 0 Å². The summed E-state index contributed by atoms with van der Waals surface area (Å²) < 4.78 is 0. The number of carbonyl (C=O) groups is 1. The van der Waals surface area contributed by atoms with Crippen molar-refractivity contribution in [2.75, 3.05) is 0 Å². The van der Waals surface area contributed by atoms with E-state index in [2.05, 4.69) is 6.07 Å². The molecule has 0 aliphatic rings. The first kappa shape index (κ1) is 21.6. The van der Waals surface area contributed by atoms with Crippen molar-refractivity contribution in [2.45, 2.75) is 47.0 Å². The zero-order valence-corrected chi connectivity index (χ0v) is 18.6. The number of benzene rings is 3. The van der Waals surface area contributed by atoms with Crippen molar-refractivity contribution < 1.29 is 9.90 Å². The molecule has 0 bridgehead atoms. The number of aryl methyl sites for hydroxylation is 2. The van der Waals surface area contributed by atoms with Gasteiger partial charge in [0.2, 0.25) is 0 Å². The lowest BCUT2D eigenvalue weighted by Crippen LogP contribution is -2.57. The molecule has 0 aromatic heterocycles. The van der Waals surface area contributed by atoms with Gasteiger partial charge in [0.25, 0.3) is 0 Å². The number of nitriles is 1. The Morgan fingerprint density at radius 3 is 1.93 bits per heavy atom. The minimum absolute atomic E-state index is 0.586. The molecule has 3 aromatic rings. The molecule has 0 saturated heterocycles. The SMILES string of the molecule is Cc1cccc(C)c1C(c1cccc2ccccc12)(C(C)(C)C)C(C)(C#N)C(=O)O. The maximum Gasteiger partial charge on any atom is 0.325 e. The van der Waals surface area contributed by atoms with Crippen LogP contribution < -0.4 is 0 Å². The largest absolute Gasteiger partial charge is 0.480 e. The summed E-state index contributed by atoms with van der Waals surface area (Å²) in [5.41, 5.74) is 0.374. The summed E-state index contributed by atoms with van der Waals surface area (Å²) in [6.07, 6.45) is 0. The second kappa shape index (κ2) is 7.29. The van der Waals surface area contributed by atoms with Crippen LogP contribution in [0, 0.1) is 36.0 Å². The topological polar surface area (TPSA) is 61.1 Å². The van der Waals surface area contributed by atoms with Gasteiger partial charge in [-0.05, 0) is 59.2 Å². The van der Waals surface area contributed by atoms with Gasteiger partial charge in [0.1, 0.15) is 0 Å². The number of hydrogen-bond acceptors (Lipinski definition) is 2. The van der Waals surface area contributed by atoms with Gasteiger partial charge in [0, 0.05) is 0 Å². The fourth-order valence-corrected chi connectivity index (χ4v) is 5.43. The van der Waals surface area contributed by atoms with E-state index in [9.17, 15) is 15.2 Å². The van der Waals surface area contributed by atoms with Gasteiger partial charge in [-0.2, -0.15) is 5.26 Å². The number of rotatable bonds is 4. The molecule has 0 amide bonds. The summed E-state index contributed by atoms with van der Waals surface area (Å²) in [7, 11) is 0. The lowest BCUT2D eigenvalue weighted by molar-refractivity contribution is -0.150. The number of carboxylic acids is 1. The molecule has 3 aromatic carbocycles. The lowest BCUT2D eigenvalue weighted by atomic mass is 9.46. The van der Waals surface area contributed by atoms with Crippen LogP contribution in [0.5, 0.6) is 0 Å². The second-order valence-electron chi connectivity index (χ2n) is 9.34. The fourth-order valence-electron chi connectivity index (χ4n) is 5.43. The number of nitrogens with zero attached hydrogens (tertiary/aromatic N) is 1. The van der Waals surface area contributed by atoms with E-state index in [0.29, 0.717) is 0 Å². The first-order chi connectivity index (χ1) is 14.0. The molecule has 3 nitrogen and oxygen atoms in total. The third kappa shape index (κ3) is 2.82. The fraction of sp³-hybridized carbons (Fsp3) is 0.333. The van der Waals surface area contributed by atoms with Crippen molar-refractivity contribution in [2.24, 2.45) is 10.8 Å². The van der Waals surface area contributed by atoms with Crippen LogP contribution in [0.4, 0.5) is 0 Å². The Morgan fingerprint density at radius 2 is 1.40 bits per heavy atom. The average molecular weight is 400 g/mol. The van der Waals surface area contributed by atoms with E-state index in [-0.39, 0.29) is 0 Å². The van der Waals surface area contributed by atoms with E-state index < -0.39 is 22.2 Å². The number of hydrogen-bond donors (Lipinski definition) is 1. The molecule has 2 atom stereocenters. The molecule has 30 heavy (non-hydrogen) atoms. The first-order valence-electron chi connectivity index (χ1n) is 10.2. The highest BCUT2D eigenvalue weighted by Crippen LogP contribution is 2.60. The summed E-state index contributed by atoms with van der Waals surface area (Å²) >= 11 is 0. The summed E-state index contributed by atoms with van der Waals surface area (Å²) in [5.74, 6) is -1.12. The molecule has 0 spiro atoms. The number of carboxylic acid groups (broad SMARTS) is 1. The van der Waals surface area contributed by atoms with Crippen molar-refractivity contribution in [3.63, 3.8) is 0 Å². The predicted octanol–water partition coefficient (Wildman–Crippen LogP) is 6.40. The van der Waals surface area contributed by atoms with Gasteiger partial charge in [-0.25, -0.2) is 0 Å². The molecule has 1 N–H and O–H groups in total. The highest BCUT2D eigenvalue weighted by molar-refractivity contribution is 5.91. The maximum absolute atomic E-state index is 12.8. The molecule has 0 heterocycles. The zero-order chi connectivity index (χ0) is 22.3. The number of aliphatic carboxylic acids is 1. The molecule has 0 saturated carbocycles. The average Bonchev–Trinajstić information content (AvgIpc) is 2.69.